The number of piperidine rings is 1. The third kappa shape index (κ3) is 4.54. The Balaban J connectivity index is 1.72. The molecule has 0 bridgehead atoms. The lowest BCUT2D eigenvalue weighted by Crippen LogP contribution is -2.51. The molecule has 2 aromatic rings. The highest BCUT2D eigenvalue weighted by Gasteiger charge is 2.41. The summed E-state index contributed by atoms with van der Waals surface area (Å²) in [4.78, 5) is 12.9. The highest BCUT2D eigenvalue weighted by Crippen LogP contribution is 2.33. The Bertz CT molecular complexity index is 983. The molecule has 1 N–H and O–H groups in total. The third-order valence-electron chi connectivity index (χ3n) is 4.99. The summed E-state index contributed by atoms with van der Waals surface area (Å²) >= 11 is 5.93. The van der Waals surface area contributed by atoms with E-state index >= 15 is 0 Å². The van der Waals surface area contributed by atoms with Crippen molar-refractivity contribution in [3.8, 4) is 0 Å². The second-order valence-electron chi connectivity index (χ2n) is 7.27. The van der Waals surface area contributed by atoms with Crippen LogP contribution in [0.15, 0.2) is 53.4 Å². The van der Waals surface area contributed by atoms with Gasteiger partial charge in [0.25, 0.3) is 0 Å². The molecule has 1 atom stereocenters. The largest absolute Gasteiger partial charge is 0.352 e. The first kappa shape index (κ1) is 20.8. The Morgan fingerprint density at radius 1 is 1.25 bits per heavy atom. The van der Waals surface area contributed by atoms with Crippen molar-refractivity contribution in [3.05, 3.63) is 64.9 Å². The minimum Gasteiger partial charge on any atom is -0.352 e. The number of sulfonamides is 1. The van der Waals surface area contributed by atoms with Crippen LogP contribution in [0.2, 0.25) is 5.02 Å². The maximum Gasteiger partial charge on any atom is 0.243 e. The number of hydrogen-bond acceptors (Lipinski definition) is 3. The molecule has 1 aliphatic heterocycles. The van der Waals surface area contributed by atoms with Crippen molar-refractivity contribution >= 4 is 27.5 Å². The number of carbonyl (C=O) groups is 1. The van der Waals surface area contributed by atoms with E-state index < -0.39 is 15.4 Å². The van der Waals surface area contributed by atoms with Crippen molar-refractivity contribution in [1.82, 2.24) is 9.62 Å². The van der Waals surface area contributed by atoms with Gasteiger partial charge in [-0.1, -0.05) is 29.8 Å². The number of halogens is 2. The van der Waals surface area contributed by atoms with E-state index in [4.69, 9.17) is 11.6 Å². The van der Waals surface area contributed by atoms with Gasteiger partial charge in [-0.3, -0.25) is 4.79 Å². The van der Waals surface area contributed by atoms with E-state index in [1.807, 2.05) is 0 Å². The smallest absolute Gasteiger partial charge is 0.243 e. The van der Waals surface area contributed by atoms with Crippen LogP contribution in [-0.4, -0.2) is 31.7 Å². The first-order valence-corrected chi connectivity index (χ1v) is 10.8. The first-order valence-electron chi connectivity index (χ1n) is 8.99. The standard InChI is InChI=1S/C20H22ClFN2O3S/c1-20(19(25)23-13-15-5-2-7-17(22)11-15)9-4-10-24(14-20)28(26,27)18-8-3-6-16(21)12-18/h2-3,5-8,11-12H,4,9-10,13-14H2,1H3,(H,23,25)/t20-/m0/s1. The minimum atomic E-state index is -3.74. The van der Waals surface area contributed by atoms with Crippen LogP contribution >= 0.6 is 11.6 Å². The van der Waals surface area contributed by atoms with Crippen molar-refractivity contribution < 1.29 is 17.6 Å². The second kappa shape index (κ2) is 8.19. The van der Waals surface area contributed by atoms with E-state index in [2.05, 4.69) is 5.32 Å². The number of hydrogen-bond donors (Lipinski definition) is 1. The molecule has 0 saturated carbocycles. The molecule has 1 fully saturated rings. The van der Waals surface area contributed by atoms with Crippen molar-refractivity contribution in [3.63, 3.8) is 0 Å². The van der Waals surface area contributed by atoms with Gasteiger partial charge in [-0.15, -0.1) is 0 Å². The van der Waals surface area contributed by atoms with Crippen molar-refractivity contribution in [2.24, 2.45) is 5.41 Å². The van der Waals surface area contributed by atoms with Crippen LogP contribution in [0.3, 0.4) is 0 Å². The molecule has 3 rings (SSSR count). The predicted molar refractivity (Wildman–Crippen MR) is 106 cm³/mol. The van der Waals surface area contributed by atoms with Crippen LogP contribution in [0, 0.1) is 11.2 Å². The van der Waals surface area contributed by atoms with Gasteiger partial charge in [0.1, 0.15) is 5.82 Å². The zero-order valence-corrected chi connectivity index (χ0v) is 17.1. The number of nitrogens with zero attached hydrogens (tertiary/aromatic N) is 1. The van der Waals surface area contributed by atoms with Crippen LogP contribution < -0.4 is 5.32 Å². The Morgan fingerprint density at radius 2 is 2.00 bits per heavy atom. The van der Waals surface area contributed by atoms with Gasteiger partial charge in [-0.25, -0.2) is 12.8 Å². The third-order valence-corrected chi connectivity index (χ3v) is 7.06. The molecule has 0 radical (unpaired) electrons. The van der Waals surface area contributed by atoms with Crippen LogP contribution in [0.25, 0.3) is 0 Å². The zero-order chi connectivity index (χ0) is 20.4. The normalized spacial score (nSPS) is 20.7. The van der Waals surface area contributed by atoms with Gasteiger partial charge >= 0.3 is 0 Å². The minimum absolute atomic E-state index is 0.0802. The van der Waals surface area contributed by atoms with E-state index in [1.165, 1.54) is 28.6 Å². The quantitative estimate of drug-likeness (QED) is 0.797. The van der Waals surface area contributed by atoms with E-state index in [9.17, 15) is 17.6 Å². The fourth-order valence-electron chi connectivity index (χ4n) is 3.40. The average molecular weight is 425 g/mol. The molecule has 8 heteroatoms. The molecule has 5 nitrogen and oxygen atoms in total. The lowest BCUT2D eigenvalue weighted by Gasteiger charge is -2.38. The van der Waals surface area contributed by atoms with Gasteiger partial charge in [0.15, 0.2) is 0 Å². The Kier molecular flexibility index (Phi) is 6.07. The molecule has 28 heavy (non-hydrogen) atoms. The van der Waals surface area contributed by atoms with Crippen LogP contribution in [0.1, 0.15) is 25.3 Å². The van der Waals surface area contributed by atoms with Crippen LogP contribution in [-0.2, 0) is 21.4 Å². The van der Waals surface area contributed by atoms with Crippen LogP contribution in [0.4, 0.5) is 4.39 Å². The zero-order valence-electron chi connectivity index (χ0n) is 15.5. The van der Waals surface area contributed by atoms with Gasteiger partial charge in [0.05, 0.1) is 10.3 Å². The number of carbonyl (C=O) groups excluding carboxylic acids is 1. The van der Waals surface area contributed by atoms with E-state index in [0.29, 0.717) is 30.0 Å². The highest BCUT2D eigenvalue weighted by atomic mass is 35.5. The molecule has 1 saturated heterocycles. The van der Waals surface area contributed by atoms with Gasteiger partial charge in [0, 0.05) is 24.7 Å². The monoisotopic (exact) mass is 424 g/mol. The molecule has 1 amide bonds. The fourth-order valence-corrected chi connectivity index (χ4v) is 5.31. The molecule has 1 heterocycles. The summed E-state index contributed by atoms with van der Waals surface area (Å²) in [5, 5.41) is 3.15. The highest BCUT2D eigenvalue weighted by molar-refractivity contribution is 7.89. The lowest BCUT2D eigenvalue weighted by atomic mass is 9.82. The van der Waals surface area contributed by atoms with E-state index in [1.54, 1.807) is 31.2 Å². The molecule has 0 spiro atoms. The summed E-state index contributed by atoms with van der Waals surface area (Å²) in [6.45, 7) is 2.37. The first-order chi connectivity index (χ1) is 13.2. The van der Waals surface area contributed by atoms with Gasteiger partial charge in [-0.05, 0) is 55.7 Å². The maximum atomic E-state index is 13.3. The fraction of sp³-hybridized carbons (Fsp3) is 0.350. The summed E-state index contributed by atoms with van der Waals surface area (Å²) in [5.74, 6) is -0.614. The van der Waals surface area contributed by atoms with Gasteiger partial charge < -0.3 is 5.32 Å². The molecule has 0 aliphatic carbocycles. The summed E-state index contributed by atoms with van der Waals surface area (Å²) in [6.07, 6.45) is 1.15. The topological polar surface area (TPSA) is 66.5 Å². The van der Waals surface area contributed by atoms with E-state index in [-0.39, 0.29) is 29.7 Å². The van der Waals surface area contributed by atoms with Gasteiger partial charge in [0.2, 0.25) is 15.9 Å². The van der Waals surface area contributed by atoms with Crippen molar-refractivity contribution in [2.45, 2.75) is 31.2 Å². The average Bonchev–Trinajstić information content (AvgIpc) is 2.66. The molecular formula is C20H22ClFN2O3S. The number of amides is 1. The molecule has 1 aliphatic rings. The summed E-state index contributed by atoms with van der Waals surface area (Å²) < 4.78 is 40.6. The molecular weight excluding hydrogens is 403 g/mol. The summed E-state index contributed by atoms with van der Waals surface area (Å²) in [7, 11) is -3.74. The van der Waals surface area contributed by atoms with Crippen molar-refractivity contribution in [1.29, 1.82) is 0 Å². The van der Waals surface area contributed by atoms with Gasteiger partial charge in [-0.2, -0.15) is 4.31 Å². The second-order valence-corrected chi connectivity index (χ2v) is 9.65. The SMILES string of the molecule is C[C@]1(C(=O)NCc2cccc(F)c2)CCCN(S(=O)(=O)c2cccc(Cl)c2)C1. The van der Waals surface area contributed by atoms with Crippen molar-refractivity contribution in [2.75, 3.05) is 13.1 Å². The molecule has 0 aromatic heterocycles. The lowest BCUT2D eigenvalue weighted by molar-refractivity contribution is -0.132. The Morgan fingerprint density at radius 3 is 2.71 bits per heavy atom. The Labute approximate surface area is 169 Å². The summed E-state index contributed by atoms with van der Waals surface area (Å²) in [6, 6.07) is 12.1. The predicted octanol–water partition coefficient (Wildman–Crippen LogP) is 3.59. The van der Waals surface area contributed by atoms with Crippen LogP contribution in [0.5, 0.6) is 0 Å². The Hall–Kier alpha value is -1.96. The molecule has 150 valence electrons. The number of rotatable bonds is 5. The maximum absolute atomic E-state index is 13.3. The van der Waals surface area contributed by atoms with E-state index in [0.717, 1.165) is 0 Å². The summed E-state index contributed by atoms with van der Waals surface area (Å²) in [5.41, 5.74) is -0.215. The number of benzene rings is 2. The number of nitrogens with one attached hydrogen (secondary N) is 1. The molecule has 0 unspecified atom stereocenters. The molecule has 2 aromatic carbocycles.